The molecule has 2 aromatic rings. The van der Waals surface area contributed by atoms with Gasteiger partial charge in [-0.05, 0) is 37.0 Å². The van der Waals surface area contributed by atoms with E-state index in [9.17, 15) is 4.79 Å². The van der Waals surface area contributed by atoms with Crippen LogP contribution in [0.25, 0.3) is 11.5 Å². The number of piperazine rings is 1. The molecule has 0 bridgehead atoms. The minimum Gasteiger partial charge on any atom is -0.340 e. The fourth-order valence-corrected chi connectivity index (χ4v) is 4.19. The maximum Gasteiger partial charge on any atom is 0.258 e. The van der Waals surface area contributed by atoms with Crippen molar-refractivity contribution in [2.75, 3.05) is 26.2 Å². The number of hydrogen-bond acceptors (Lipinski definition) is 5. The second kappa shape index (κ2) is 8.40. The van der Waals surface area contributed by atoms with Crippen LogP contribution in [0.5, 0.6) is 0 Å². The Bertz CT molecular complexity index is 780. The maximum atomic E-state index is 12.5. The molecular weight excluding hydrogens is 364 g/mol. The standard InChI is InChI=1S/C20H25ClN4O2/c21-17-7-3-6-16(13-17)20-22-18(23-27-20)14-24-8-10-25(11-9-24)19(26)12-15-4-1-2-5-15/h3,6-7,13,15H,1-2,4-5,8-12,14H2. The Morgan fingerprint density at radius 2 is 1.96 bits per heavy atom. The third-order valence-electron chi connectivity index (χ3n) is 5.57. The molecule has 0 radical (unpaired) electrons. The van der Waals surface area contributed by atoms with Crippen LogP contribution in [0.1, 0.15) is 37.9 Å². The van der Waals surface area contributed by atoms with Crippen molar-refractivity contribution in [2.45, 2.75) is 38.6 Å². The van der Waals surface area contributed by atoms with Crippen LogP contribution < -0.4 is 0 Å². The minimum atomic E-state index is 0.323. The SMILES string of the molecule is O=C(CC1CCCC1)N1CCN(Cc2noc(-c3cccc(Cl)c3)n2)CC1. The molecule has 2 aliphatic rings. The van der Waals surface area contributed by atoms with E-state index in [4.69, 9.17) is 16.1 Å². The van der Waals surface area contributed by atoms with Gasteiger partial charge in [0.2, 0.25) is 5.91 Å². The Kier molecular flexibility index (Phi) is 5.74. The van der Waals surface area contributed by atoms with Gasteiger partial charge in [0, 0.05) is 43.2 Å². The Morgan fingerprint density at radius 1 is 1.19 bits per heavy atom. The third-order valence-corrected chi connectivity index (χ3v) is 5.80. The quantitative estimate of drug-likeness (QED) is 0.782. The van der Waals surface area contributed by atoms with Crippen molar-refractivity contribution in [3.63, 3.8) is 0 Å². The predicted molar refractivity (Wildman–Crippen MR) is 103 cm³/mol. The summed E-state index contributed by atoms with van der Waals surface area (Å²) in [5.74, 6) is 2.08. The van der Waals surface area contributed by atoms with E-state index in [1.165, 1.54) is 25.7 Å². The Morgan fingerprint density at radius 3 is 2.70 bits per heavy atom. The molecule has 1 aromatic carbocycles. The first-order chi connectivity index (χ1) is 13.2. The lowest BCUT2D eigenvalue weighted by molar-refractivity contribution is -0.134. The fourth-order valence-electron chi connectivity index (χ4n) is 4.00. The van der Waals surface area contributed by atoms with E-state index in [1.807, 2.05) is 29.2 Å². The molecule has 4 rings (SSSR count). The lowest BCUT2D eigenvalue weighted by Gasteiger charge is -2.34. The zero-order valence-electron chi connectivity index (χ0n) is 15.4. The maximum absolute atomic E-state index is 12.5. The van der Waals surface area contributed by atoms with Crippen LogP contribution in [0.2, 0.25) is 5.02 Å². The lowest BCUT2D eigenvalue weighted by atomic mass is 10.0. The van der Waals surface area contributed by atoms with Crippen LogP contribution in [-0.2, 0) is 11.3 Å². The average Bonchev–Trinajstić information content (AvgIpc) is 3.34. The molecule has 1 saturated carbocycles. The number of carbonyl (C=O) groups excluding carboxylic acids is 1. The molecule has 1 amide bonds. The van der Waals surface area contributed by atoms with Gasteiger partial charge in [0.15, 0.2) is 5.82 Å². The summed E-state index contributed by atoms with van der Waals surface area (Å²) in [4.78, 5) is 21.2. The predicted octanol–water partition coefficient (Wildman–Crippen LogP) is 3.61. The summed E-state index contributed by atoms with van der Waals surface area (Å²) in [7, 11) is 0. The molecule has 0 spiro atoms. The Hall–Kier alpha value is -1.92. The molecule has 0 N–H and O–H groups in total. The molecule has 0 unspecified atom stereocenters. The van der Waals surface area contributed by atoms with Gasteiger partial charge in [-0.25, -0.2) is 0 Å². The van der Waals surface area contributed by atoms with E-state index in [-0.39, 0.29) is 0 Å². The highest BCUT2D eigenvalue weighted by atomic mass is 35.5. The zero-order chi connectivity index (χ0) is 18.6. The molecule has 1 aromatic heterocycles. The van der Waals surface area contributed by atoms with E-state index >= 15 is 0 Å². The van der Waals surface area contributed by atoms with Crippen LogP contribution in [0.4, 0.5) is 0 Å². The second-order valence-corrected chi connectivity index (χ2v) is 7.97. The largest absolute Gasteiger partial charge is 0.340 e. The van der Waals surface area contributed by atoms with E-state index in [1.54, 1.807) is 0 Å². The molecule has 2 fully saturated rings. The summed E-state index contributed by atoms with van der Waals surface area (Å²) >= 11 is 6.02. The minimum absolute atomic E-state index is 0.323. The van der Waals surface area contributed by atoms with Crippen molar-refractivity contribution < 1.29 is 9.32 Å². The summed E-state index contributed by atoms with van der Waals surface area (Å²) in [6.45, 7) is 3.89. The van der Waals surface area contributed by atoms with Crippen molar-refractivity contribution in [3.8, 4) is 11.5 Å². The van der Waals surface area contributed by atoms with Gasteiger partial charge in [-0.2, -0.15) is 4.98 Å². The number of rotatable bonds is 5. The molecule has 1 saturated heterocycles. The highest BCUT2D eigenvalue weighted by Crippen LogP contribution is 2.28. The molecule has 2 heterocycles. The first-order valence-electron chi connectivity index (χ1n) is 9.76. The van der Waals surface area contributed by atoms with Crippen molar-refractivity contribution in [1.82, 2.24) is 19.9 Å². The molecular formula is C20H25ClN4O2. The molecule has 27 heavy (non-hydrogen) atoms. The Balaban J connectivity index is 1.27. The van der Waals surface area contributed by atoms with E-state index < -0.39 is 0 Å². The van der Waals surface area contributed by atoms with E-state index in [2.05, 4.69) is 15.0 Å². The molecule has 0 atom stereocenters. The third kappa shape index (κ3) is 4.68. The molecule has 1 aliphatic heterocycles. The van der Waals surface area contributed by atoms with Crippen LogP contribution >= 0.6 is 11.6 Å². The summed E-state index contributed by atoms with van der Waals surface area (Å²) in [5.41, 5.74) is 0.823. The van der Waals surface area contributed by atoms with Gasteiger partial charge in [-0.15, -0.1) is 0 Å². The van der Waals surface area contributed by atoms with Gasteiger partial charge >= 0.3 is 0 Å². The number of carbonyl (C=O) groups is 1. The summed E-state index contributed by atoms with van der Waals surface area (Å²) in [5, 5.41) is 4.73. The van der Waals surface area contributed by atoms with Crippen LogP contribution in [0, 0.1) is 5.92 Å². The number of aromatic nitrogens is 2. The van der Waals surface area contributed by atoms with Crippen LogP contribution in [0.15, 0.2) is 28.8 Å². The second-order valence-electron chi connectivity index (χ2n) is 7.54. The van der Waals surface area contributed by atoms with Crippen molar-refractivity contribution in [1.29, 1.82) is 0 Å². The highest BCUT2D eigenvalue weighted by Gasteiger charge is 2.25. The number of benzene rings is 1. The normalized spacial score (nSPS) is 18.9. The molecule has 144 valence electrons. The lowest BCUT2D eigenvalue weighted by Crippen LogP contribution is -2.48. The fraction of sp³-hybridized carbons (Fsp3) is 0.550. The van der Waals surface area contributed by atoms with Crippen LogP contribution in [-0.4, -0.2) is 52.0 Å². The average molecular weight is 389 g/mol. The van der Waals surface area contributed by atoms with E-state index in [0.717, 1.165) is 38.2 Å². The van der Waals surface area contributed by atoms with Gasteiger partial charge in [0.25, 0.3) is 5.89 Å². The molecule has 7 heteroatoms. The van der Waals surface area contributed by atoms with Crippen LogP contribution in [0.3, 0.4) is 0 Å². The number of halogens is 1. The van der Waals surface area contributed by atoms with E-state index in [0.29, 0.717) is 35.1 Å². The van der Waals surface area contributed by atoms with Gasteiger partial charge in [0.05, 0.1) is 6.54 Å². The van der Waals surface area contributed by atoms with Gasteiger partial charge < -0.3 is 9.42 Å². The zero-order valence-corrected chi connectivity index (χ0v) is 16.2. The first kappa shape index (κ1) is 18.4. The van der Waals surface area contributed by atoms with Crippen molar-refractivity contribution in [3.05, 3.63) is 35.1 Å². The topological polar surface area (TPSA) is 62.5 Å². The number of amides is 1. The number of hydrogen-bond donors (Lipinski definition) is 0. The smallest absolute Gasteiger partial charge is 0.258 e. The Labute approximate surface area is 164 Å². The van der Waals surface area contributed by atoms with Gasteiger partial charge in [-0.1, -0.05) is 35.7 Å². The monoisotopic (exact) mass is 388 g/mol. The van der Waals surface area contributed by atoms with Gasteiger partial charge in [-0.3, -0.25) is 9.69 Å². The molecule has 6 nitrogen and oxygen atoms in total. The summed E-state index contributed by atoms with van der Waals surface area (Å²) in [6, 6.07) is 7.39. The highest BCUT2D eigenvalue weighted by molar-refractivity contribution is 6.30. The van der Waals surface area contributed by atoms with Crippen molar-refractivity contribution in [2.24, 2.45) is 5.92 Å². The van der Waals surface area contributed by atoms with Gasteiger partial charge in [0.1, 0.15) is 0 Å². The summed E-state index contributed by atoms with van der Waals surface area (Å²) in [6.07, 6.45) is 5.74. The summed E-state index contributed by atoms with van der Waals surface area (Å²) < 4.78 is 5.37. The number of nitrogens with zero attached hydrogens (tertiary/aromatic N) is 4. The van der Waals surface area contributed by atoms with Crippen molar-refractivity contribution >= 4 is 17.5 Å². The first-order valence-corrected chi connectivity index (χ1v) is 10.1. The molecule has 1 aliphatic carbocycles.